The van der Waals surface area contributed by atoms with Crippen molar-refractivity contribution in [3.05, 3.63) is 99.5 Å². The molecule has 1 aliphatic carbocycles. The zero-order chi connectivity index (χ0) is 25.8. The largest absolute Gasteiger partial charge is 0.290 e. The summed E-state index contributed by atoms with van der Waals surface area (Å²) in [5.41, 5.74) is 2.98. The van der Waals surface area contributed by atoms with Gasteiger partial charge in [0.05, 0.1) is 27.9 Å². The van der Waals surface area contributed by atoms with Gasteiger partial charge >= 0.3 is 0 Å². The van der Waals surface area contributed by atoms with Crippen LogP contribution in [0.1, 0.15) is 33.0 Å². The molecule has 1 aliphatic heterocycles. The lowest BCUT2D eigenvalue weighted by atomic mass is 9.66. The quantitative estimate of drug-likeness (QED) is 0.347. The molecular weight excluding hydrogens is 511 g/mol. The third-order valence-corrected chi connectivity index (χ3v) is 9.75. The molecule has 0 radical (unpaired) electrons. The number of fused-ring (bicyclic) bond motifs is 2. The second kappa shape index (κ2) is 8.83. The summed E-state index contributed by atoms with van der Waals surface area (Å²) in [5.74, 6) is -0.517. The Kier molecular flexibility index (Phi) is 5.70. The number of Topliss-reactive ketones (excluding diaryl/α,β-unsaturated/α-hetero) is 1. The van der Waals surface area contributed by atoms with Crippen LogP contribution in [-0.2, 0) is 16.4 Å². The van der Waals surface area contributed by atoms with Gasteiger partial charge in [0.1, 0.15) is 5.82 Å². The zero-order valence-corrected chi connectivity index (χ0v) is 21.6. The van der Waals surface area contributed by atoms with Gasteiger partial charge in [-0.3, -0.25) is 4.79 Å². The van der Waals surface area contributed by atoms with E-state index in [2.05, 4.69) is 10.1 Å². The Bertz CT molecular complexity index is 1640. The Morgan fingerprint density at radius 2 is 1.97 bits per heavy atom. The van der Waals surface area contributed by atoms with Crippen molar-refractivity contribution in [2.24, 2.45) is 5.41 Å². The maximum Gasteiger partial charge on any atom is 0.243 e. The first-order valence-electron chi connectivity index (χ1n) is 11.8. The zero-order valence-electron chi connectivity index (χ0n) is 20.0. The summed E-state index contributed by atoms with van der Waals surface area (Å²) < 4.78 is 44.0. The molecule has 0 unspecified atom stereocenters. The highest BCUT2D eigenvalue weighted by Gasteiger charge is 2.51. The predicted molar refractivity (Wildman–Crippen MR) is 139 cm³/mol. The second-order valence-electron chi connectivity index (χ2n) is 9.44. The first-order chi connectivity index (χ1) is 17.8. The van der Waals surface area contributed by atoms with Crippen molar-refractivity contribution >= 4 is 33.2 Å². The molecule has 6 rings (SSSR count). The van der Waals surface area contributed by atoms with Gasteiger partial charge in [-0.1, -0.05) is 17.7 Å². The molecule has 10 heteroatoms. The van der Waals surface area contributed by atoms with Crippen LogP contribution in [-0.4, -0.2) is 46.4 Å². The van der Waals surface area contributed by atoms with Gasteiger partial charge in [-0.05, 0) is 73.4 Å². The molecule has 0 saturated carbocycles. The number of carbonyl (C=O) groups is 1. The van der Waals surface area contributed by atoms with E-state index in [0.29, 0.717) is 23.5 Å². The first-order valence-corrected chi connectivity index (χ1v) is 14.1. The number of sulfonamides is 1. The molecule has 3 heterocycles. The SMILES string of the molecule is Cc1cccc(S(=O)(=O)N2CCC3=Cc4c(cnn4-c4ccc(F)cc4)C[C@]3(C(=O)c3nccs3)C2)c1. The highest BCUT2D eigenvalue weighted by atomic mass is 32.2. The Morgan fingerprint density at radius 3 is 2.70 bits per heavy atom. The van der Waals surface area contributed by atoms with Crippen LogP contribution < -0.4 is 0 Å². The number of rotatable bonds is 5. The van der Waals surface area contributed by atoms with Gasteiger partial charge in [0, 0.05) is 24.7 Å². The van der Waals surface area contributed by atoms with Gasteiger partial charge < -0.3 is 0 Å². The number of benzene rings is 2. The fraction of sp³-hybridized carbons (Fsp3) is 0.222. The highest BCUT2D eigenvalue weighted by Crippen LogP contribution is 2.47. The Balaban J connectivity index is 1.44. The van der Waals surface area contributed by atoms with Gasteiger partial charge in [-0.2, -0.15) is 9.40 Å². The Morgan fingerprint density at radius 1 is 1.16 bits per heavy atom. The van der Waals surface area contributed by atoms with Crippen LogP contribution >= 0.6 is 11.3 Å². The summed E-state index contributed by atoms with van der Waals surface area (Å²) in [7, 11) is -3.81. The topological polar surface area (TPSA) is 85.2 Å². The van der Waals surface area contributed by atoms with Crippen LogP contribution in [0.3, 0.4) is 0 Å². The van der Waals surface area contributed by atoms with Crippen LogP contribution in [0.2, 0.25) is 0 Å². The maximum absolute atomic E-state index is 14.0. The molecule has 188 valence electrons. The predicted octanol–water partition coefficient (Wildman–Crippen LogP) is 4.68. The molecule has 37 heavy (non-hydrogen) atoms. The minimum Gasteiger partial charge on any atom is -0.290 e. The molecule has 1 atom stereocenters. The number of aromatic nitrogens is 3. The van der Waals surface area contributed by atoms with Crippen molar-refractivity contribution in [2.75, 3.05) is 13.1 Å². The number of aryl methyl sites for hydroxylation is 1. The smallest absolute Gasteiger partial charge is 0.243 e. The van der Waals surface area contributed by atoms with E-state index in [0.717, 1.165) is 22.4 Å². The van der Waals surface area contributed by atoms with Crippen LogP contribution in [0.15, 0.2) is 76.8 Å². The molecule has 1 fully saturated rings. The molecule has 0 amide bonds. The van der Waals surface area contributed by atoms with E-state index in [9.17, 15) is 17.6 Å². The van der Waals surface area contributed by atoms with Gasteiger partial charge in [0.25, 0.3) is 0 Å². The molecule has 2 aromatic heterocycles. The van der Waals surface area contributed by atoms with Crippen molar-refractivity contribution < 1.29 is 17.6 Å². The summed E-state index contributed by atoms with van der Waals surface area (Å²) in [5, 5.41) is 6.63. The van der Waals surface area contributed by atoms with Gasteiger partial charge in [-0.15, -0.1) is 11.3 Å². The van der Waals surface area contributed by atoms with E-state index in [4.69, 9.17) is 0 Å². The van der Waals surface area contributed by atoms with Crippen molar-refractivity contribution in [3.63, 3.8) is 0 Å². The monoisotopic (exact) mass is 534 g/mol. The number of halogens is 1. The van der Waals surface area contributed by atoms with E-state index in [1.165, 1.54) is 27.8 Å². The van der Waals surface area contributed by atoms with Crippen LogP contribution in [0, 0.1) is 18.2 Å². The fourth-order valence-electron chi connectivity index (χ4n) is 5.27. The second-order valence-corrected chi connectivity index (χ2v) is 12.3. The molecule has 0 spiro atoms. The summed E-state index contributed by atoms with van der Waals surface area (Å²) in [6.45, 7) is 2.13. The third kappa shape index (κ3) is 3.96. The highest BCUT2D eigenvalue weighted by molar-refractivity contribution is 7.89. The summed E-state index contributed by atoms with van der Waals surface area (Å²) in [6, 6.07) is 12.9. The lowest BCUT2D eigenvalue weighted by Gasteiger charge is -2.44. The molecule has 0 bridgehead atoms. The maximum atomic E-state index is 14.0. The number of hydrogen-bond acceptors (Lipinski definition) is 6. The first kappa shape index (κ1) is 23.9. The van der Waals surface area contributed by atoms with Crippen molar-refractivity contribution in [3.8, 4) is 5.69 Å². The van der Waals surface area contributed by atoms with Crippen LogP contribution in [0.25, 0.3) is 11.8 Å². The molecular formula is C27H23FN4O3S2. The van der Waals surface area contributed by atoms with Crippen molar-refractivity contribution in [2.45, 2.75) is 24.7 Å². The van der Waals surface area contributed by atoms with Gasteiger partial charge in [-0.25, -0.2) is 22.5 Å². The fourth-order valence-corrected chi connectivity index (χ4v) is 7.55. The van der Waals surface area contributed by atoms with Crippen LogP contribution in [0.5, 0.6) is 0 Å². The number of carbonyl (C=O) groups excluding carboxylic acids is 1. The molecule has 1 saturated heterocycles. The average molecular weight is 535 g/mol. The van der Waals surface area contributed by atoms with E-state index in [1.807, 2.05) is 19.1 Å². The molecule has 7 nitrogen and oxygen atoms in total. The van der Waals surface area contributed by atoms with Crippen LogP contribution in [0.4, 0.5) is 4.39 Å². The van der Waals surface area contributed by atoms with Gasteiger partial charge in [0.15, 0.2) is 5.01 Å². The molecule has 2 aromatic carbocycles. The summed E-state index contributed by atoms with van der Waals surface area (Å²) in [4.78, 5) is 18.5. The van der Waals surface area contributed by atoms with E-state index in [1.54, 1.807) is 52.8 Å². The Labute approximate surface area is 218 Å². The summed E-state index contributed by atoms with van der Waals surface area (Å²) >= 11 is 1.25. The number of ketones is 1. The lowest BCUT2D eigenvalue weighted by molar-refractivity contribution is 0.0775. The number of nitrogens with zero attached hydrogens (tertiary/aromatic N) is 4. The lowest BCUT2D eigenvalue weighted by Crippen LogP contribution is -2.53. The standard InChI is InChI=1S/C27H23FN4O3S2/c1-18-3-2-4-23(13-18)37(34,35)31-11-9-20-14-24-19(16-30-32(24)22-7-5-21(28)6-8-22)15-27(20,17-31)25(33)26-29-10-12-36-26/h2-8,10,12-14,16H,9,11,15,17H2,1H3/t27-/m0/s1. The summed E-state index contributed by atoms with van der Waals surface area (Å²) in [6.07, 6.45) is 5.95. The van der Waals surface area contributed by atoms with E-state index >= 15 is 0 Å². The molecule has 0 N–H and O–H groups in total. The third-order valence-electron chi connectivity index (χ3n) is 7.14. The average Bonchev–Trinajstić information content (AvgIpc) is 3.57. The molecule has 2 aliphatic rings. The normalized spacial score (nSPS) is 19.7. The van der Waals surface area contributed by atoms with Crippen molar-refractivity contribution in [1.29, 1.82) is 0 Å². The minimum atomic E-state index is -3.81. The minimum absolute atomic E-state index is 0.0225. The van der Waals surface area contributed by atoms with Crippen molar-refractivity contribution in [1.82, 2.24) is 19.1 Å². The number of hydrogen-bond donors (Lipinski definition) is 0. The van der Waals surface area contributed by atoms with Gasteiger partial charge in [0.2, 0.25) is 15.8 Å². The number of piperidine rings is 1. The Hall–Kier alpha value is -3.47. The van der Waals surface area contributed by atoms with E-state index < -0.39 is 15.4 Å². The number of thiazole rings is 1. The van der Waals surface area contributed by atoms with E-state index in [-0.39, 0.29) is 29.6 Å². The molecule has 4 aromatic rings.